The van der Waals surface area contributed by atoms with Gasteiger partial charge in [-0.2, -0.15) is 0 Å². The van der Waals surface area contributed by atoms with E-state index in [0.717, 1.165) is 49.6 Å². The summed E-state index contributed by atoms with van der Waals surface area (Å²) in [6.07, 6.45) is 4.95. The van der Waals surface area contributed by atoms with Crippen LogP contribution in [-0.2, 0) is 16.9 Å². The second kappa shape index (κ2) is 6.81. The Morgan fingerprint density at radius 2 is 2.07 bits per heavy atom. The highest BCUT2D eigenvalue weighted by molar-refractivity contribution is 6.07. The van der Waals surface area contributed by atoms with Crippen LogP contribution in [0.4, 0.5) is 4.79 Å². The summed E-state index contributed by atoms with van der Waals surface area (Å²) in [5.74, 6) is 1.67. The first-order valence-corrected chi connectivity index (χ1v) is 9.31. The van der Waals surface area contributed by atoms with Crippen molar-refractivity contribution < 1.29 is 14.0 Å². The minimum absolute atomic E-state index is 0.0180. The zero-order valence-electron chi connectivity index (χ0n) is 15.6. The Kier molecular flexibility index (Phi) is 4.47. The molecule has 2 aromatic rings. The third kappa shape index (κ3) is 3.12. The standard InChI is InChI=1S/C20H24N4O3/c1-13-10-17(27-14(13)2)12-24-8-5-15(6-9-24)20(16-4-3-7-21-11-16)18(25)22-19(26)23-20/h3-4,7,10-11,15H,5-6,8-9,12H2,1-2H3,(H2,22,23,25,26)/t20-/m1/s1. The number of aromatic nitrogens is 1. The predicted octanol–water partition coefficient (Wildman–Crippen LogP) is 2.24. The molecular weight excluding hydrogens is 344 g/mol. The number of hydrogen-bond donors (Lipinski definition) is 2. The van der Waals surface area contributed by atoms with Crippen molar-refractivity contribution in [3.63, 3.8) is 0 Å². The number of urea groups is 1. The quantitative estimate of drug-likeness (QED) is 0.808. The molecule has 0 aromatic carbocycles. The van der Waals surface area contributed by atoms with E-state index in [2.05, 4.69) is 26.6 Å². The van der Waals surface area contributed by atoms with Crippen molar-refractivity contribution in [1.82, 2.24) is 20.5 Å². The van der Waals surface area contributed by atoms with E-state index < -0.39 is 11.6 Å². The number of piperidine rings is 1. The number of amides is 3. The third-order valence-corrected chi connectivity index (χ3v) is 5.81. The number of rotatable bonds is 4. The normalized spacial score (nSPS) is 24.1. The van der Waals surface area contributed by atoms with Crippen LogP contribution < -0.4 is 10.6 Å². The van der Waals surface area contributed by atoms with Gasteiger partial charge in [0.1, 0.15) is 11.5 Å². The summed E-state index contributed by atoms with van der Waals surface area (Å²) in [5.41, 5.74) is 0.875. The van der Waals surface area contributed by atoms with Gasteiger partial charge in [0.25, 0.3) is 5.91 Å². The Balaban J connectivity index is 1.51. The van der Waals surface area contributed by atoms with E-state index in [4.69, 9.17) is 4.42 Å². The highest BCUT2D eigenvalue weighted by atomic mass is 16.3. The van der Waals surface area contributed by atoms with Gasteiger partial charge in [0.2, 0.25) is 0 Å². The molecule has 27 heavy (non-hydrogen) atoms. The lowest BCUT2D eigenvalue weighted by Crippen LogP contribution is -2.53. The van der Waals surface area contributed by atoms with Crippen molar-refractivity contribution in [2.45, 2.75) is 38.8 Å². The van der Waals surface area contributed by atoms with Crippen LogP contribution in [0.3, 0.4) is 0 Å². The maximum absolute atomic E-state index is 12.8. The number of carbonyl (C=O) groups is 2. The molecule has 2 fully saturated rings. The fraction of sp³-hybridized carbons (Fsp3) is 0.450. The molecule has 2 aliphatic rings. The molecular formula is C20H24N4O3. The van der Waals surface area contributed by atoms with E-state index in [1.165, 1.54) is 5.56 Å². The summed E-state index contributed by atoms with van der Waals surface area (Å²) in [6, 6.07) is 5.31. The number of hydrogen-bond acceptors (Lipinski definition) is 5. The van der Waals surface area contributed by atoms with Crippen LogP contribution in [0.15, 0.2) is 35.0 Å². The molecule has 7 heteroatoms. The van der Waals surface area contributed by atoms with Crippen molar-refractivity contribution in [3.05, 3.63) is 53.2 Å². The zero-order chi connectivity index (χ0) is 19.0. The number of pyridine rings is 1. The molecule has 0 unspecified atom stereocenters. The first-order valence-electron chi connectivity index (χ1n) is 9.31. The van der Waals surface area contributed by atoms with Crippen molar-refractivity contribution >= 4 is 11.9 Å². The van der Waals surface area contributed by atoms with Crippen LogP contribution in [0.5, 0.6) is 0 Å². The van der Waals surface area contributed by atoms with Gasteiger partial charge in [-0.05, 0) is 63.4 Å². The summed E-state index contributed by atoms with van der Waals surface area (Å²) in [4.78, 5) is 31.2. The predicted molar refractivity (Wildman–Crippen MR) is 98.8 cm³/mol. The summed E-state index contributed by atoms with van der Waals surface area (Å²) in [6.45, 7) is 6.47. The zero-order valence-corrected chi connectivity index (χ0v) is 15.6. The van der Waals surface area contributed by atoms with Gasteiger partial charge in [-0.3, -0.25) is 20.0 Å². The molecule has 7 nitrogen and oxygen atoms in total. The maximum atomic E-state index is 12.8. The van der Waals surface area contributed by atoms with Gasteiger partial charge >= 0.3 is 6.03 Å². The third-order valence-electron chi connectivity index (χ3n) is 5.81. The maximum Gasteiger partial charge on any atom is 0.322 e. The Labute approximate surface area is 158 Å². The van der Waals surface area contributed by atoms with Gasteiger partial charge in [-0.25, -0.2) is 4.79 Å². The Hall–Kier alpha value is -2.67. The molecule has 0 bridgehead atoms. The average Bonchev–Trinajstić information content (AvgIpc) is 3.14. The number of imide groups is 1. The summed E-state index contributed by atoms with van der Waals surface area (Å²) in [5, 5.41) is 5.32. The SMILES string of the molecule is Cc1cc(CN2CCC([C@]3(c4cccnc4)NC(=O)NC3=O)CC2)oc1C. The molecule has 0 spiro atoms. The first-order chi connectivity index (χ1) is 13.0. The number of likely N-dealkylation sites (tertiary alicyclic amines) is 1. The van der Waals surface area contributed by atoms with Gasteiger partial charge in [-0.1, -0.05) is 6.07 Å². The van der Waals surface area contributed by atoms with E-state index in [9.17, 15) is 9.59 Å². The number of furan rings is 1. The number of aryl methyl sites for hydroxylation is 2. The van der Waals surface area contributed by atoms with Crippen LogP contribution in [0.25, 0.3) is 0 Å². The van der Waals surface area contributed by atoms with Gasteiger partial charge in [0.05, 0.1) is 6.54 Å². The molecule has 4 heterocycles. The minimum Gasteiger partial charge on any atom is -0.465 e. The van der Waals surface area contributed by atoms with Crippen molar-refractivity contribution in [2.75, 3.05) is 13.1 Å². The molecule has 0 saturated carbocycles. The largest absolute Gasteiger partial charge is 0.465 e. The van der Waals surface area contributed by atoms with E-state index in [1.807, 2.05) is 19.9 Å². The number of nitrogens with one attached hydrogen (secondary N) is 2. The lowest BCUT2D eigenvalue weighted by atomic mass is 9.73. The highest BCUT2D eigenvalue weighted by Gasteiger charge is 2.53. The second-order valence-electron chi connectivity index (χ2n) is 7.46. The highest BCUT2D eigenvalue weighted by Crippen LogP contribution is 2.39. The van der Waals surface area contributed by atoms with Gasteiger partial charge in [0.15, 0.2) is 5.54 Å². The monoisotopic (exact) mass is 368 g/mol. The van der Waals surface area contributed by atoms with Crippen LogP contribution >= 0.6 is 0 Å². The Bertz CT molecular complexity index is 836. The Morgan fingerprint density at radius 3 is 2.63 bits per heavy atom. The van der Waals surface area contributed by atoms with Crippen molar-refractivity contribution in [2.24, 2.45) is 5.92 Å². The molecule has 142 valence electrons. The molecule has 3 amide bonds. The average molecular weight is 368 g/mol. The van der Waals surface area contributed by atoms with Crippen LogP contribution in [0.2, 0.25) is 0 Å². The van der Waals surface area contributed by atoms with E-state index >= 15 is 0 Å². The summed E-state index contributed by atoms with van der Waals surface area (Å²) >= 11 is 0. The molecule has 2 aromatic heterocycles. The first kappa shape index (κ1) is 17.7. The Morgan fingerprint density at radius 1 is 1.30 bits per heavy atom. The molecule has 4 rings (SSSR count). The molecule has 2 N–H and O–H groups in total. The van der Waals surface area contributed by atoms with Gasteiger partial charge in [0, 0.05) is 18.0 Å². The van der Waals surface area contributed by atoms with E-state index in [0.29, 0.717) is 0 Å². The van der Waals surface area contributed by atoms with Gasteiger partial charge < -0.3 is 9.73 Å². The molecule has 0 radical (unpaired) electrons. The van der Waals surface area contributed by atoms with Crippen LogP contribution in [-0.4, -0.2) is 34.9 Å². The van der Waals surface area contributed by atoms with Crippen LogP contribution in [0.1, 0.15) is 35.5 Å². The minimum atomic E-state index is -1.03. The van der Waals surface area contributed by atoms with E-state index in [-0.39, 0.29) is 11.8 Å². The topological polar surface area (TPSA) is 87.5 Å². The lowest BCUT2D eigenvalue weighted by molar-refractivity contribution is -0.127. The van der Waals surface area contributed by atoms with Crippen LogP contribution in [0, 0.1) is 19.8 Å². The van der Waals surface area contributed by atoms with Crippen molar-refractivity contribution in [3.8, 4) is 0 Å². The molecule has 1 atom stereocenters. The smallest absolute Gasteiger partial charge is 0.322 e. The van der Waals surface area contributed by atoms with Gasteiger partial charge in [-0.15, -0.1) is 0 Å². The molecule has 2 saturated heterocycles. The fourth-order valence-corrected chi connectivity index (χ4v) is 4.26. The fourth-order valence-electron chi connectivity index (χ4n) is 4.26. The number of carbonyl (C=O) groups excluding carboxylic acids is 2. The lowest BCUT2D eigenvalue weighted by Gasteiger charge is -2.40. The van der Waals surface area contributed by atoms with Crippen molar-refractivity contribution in [1.29, 1.82) is 0 Å². The molecule has 2 aliphatic heterocycles. The second-order valence-corrected chi connectivity index (χ2v) is 7.46. The number of nitrogens with zero attached hydrogens (tertiary/aromatic N) is 2. The van der Waals surface area contributed by atoms with E-state index in [1.54, 1.807) is 18.5 Å². The summed E-state index contributed by atoms with van der Waals surface area (Å²) in [7, 11) is 0. The molecule has 0 aliphatic carbocycles. The summed E-state index contributed by atoms with van der Waals surface area (Å²) < 4.78 is 5.79.